The number of hydrogen-bond donors (Lipinski definition) is 4. The van der Waals surface area contributed by atoms with E-state index >= 15 is 0 Å². The van der Waals surface area contributed by atoms with Crippen molar-refractivity contribution in [3.8, 4) is 22.3 Å². The molecule has 1 saturated heterocycles. The highest BCUT2D eigenvalue weighted by molar-refractivity contribution is 6.34. The Bertz CT molecular complexity index is 1400. The number of aliphatic hydroxyl groups is 2. The topological polar surface area (TPSA) is 98.7 Å². The lowest BCUT2D eigenvalue weighted by Crippen LogP contribution is -2.38. The van der Waals surface area contributed by atoms with Crippen molar-refractivity contribution in [3.05, 3.63) is 81.4 Å². The van der Waals surface area contributed by atoms with Gasteiger partial charge in [-0.2, -0.15) is 0 Å². The fourth-order valence-corrected chi connectivity index (χ4v) is 6.38. The summed E-state index contributed by atoms with van der Waals surface area (Å²) < 4.78 is 0. The maximum absolute atomic E-state index is 13.1. The number of carbonyl (C=O) groups excluding carboxylic acids is 2. The van der Waals surface area contributed by atoms with E-state index in [-0.39, 0.29) is 18.4 Å². The SMILES string of the molecule is O=C1NC(=O)c2c1c(-c1ccccc1Cl)cc1c2-c2ccc(C3CNCCC3O)cc2C1CCCO. The normalized spacial score (nSPS) is 22.2. The molecule has 7 heteroatoms. The molecule has 6 nitrogen and oxygen atoms in total. The summed E-state index contributed by atoms with van der Waals surface area (Å²) in [5.41, 5.74) is 6.92. The van der Waals surface area contributed by atoms with Crippen molar-refractivity contribution in [1.82, 2.24) is 10.6 Å². The van der Waals surface area contributed by atoms with Crippen LogP contribution in [0.3, 0.4) is 0 Å². The molecule has 3 aromatic carbocycles. The van der Waals surface area contributed by atoms with E-state index < -0.39 is 17.9 Å². The lowest BCUT2D eigenvalue weighted by Gasteiger charge is -2.29. The van der Waals surface area contributed by atoms with Gasteiger partial charge >= 0.3 is 0 Å². The van der Waals surface area contributed by atoms with Crippen molar-refractivity contribution in [2.24, 2.45) is 0 Å². The number of carbonyl (C=O) groups is 2. The Hall–Kier alpha value is -3.03. The molecule has 2 amide bonds. The molecule has 0 radical (unpaired) electrons. The zero-order chi connectivity index (χ0) is 25.0. The fourth-order valence-electron chi connectivity index (χ4n) is 6.14. The number of amides is 2. The van der Waals surface area contributed by atoms with Crippen LogP contribution in [-0.2, 0) is 0 Å². The van der Waals surface area contributed by atoms with E-state index in [4.69, 9.17) is 11.6 Å². The molecule has 3 unspecified atom stereocenters. The highest BCUT2D eigenvalue weighted by Gasteiger charge is 2.41. The summed E-state index contributed by atoms with van der Waals surface area (Å²) in [5.74, 6) is -0.877. The van der Waals surface area contributed by atoms with Gasteiger partial charge < -0.3 is 15.5 Å². The molecule has 3 aromatic rings. The van der Waals surface area contributed by atoms with E-state index in [2.05, 4.69) is 16.7 Å². The van der Waals surface area contributed by atoms with Crippen molar-refractivity contribution in [3.63, 3.8) is 0 Å². The molecule has 2 aliphatic heterocycles. The third kappa shape index (κ3) is 3.59. The molecule has 2 heterocycles. The second-order valence-corrected chi connectivity index (χ2v) is 10.2. The molecule has 1 fully saturated rings. The summed E-state index contributed by atoms with van der Waals surface area (Å²) in [6.07, 6.45) is 1.59. The van der Waals surface area contributed by atoms with Gasteiger partial charge in [0.2, 0.25) is 0 Å². The predicted molar refractivity (Wildman–Crippen MR) is 139 cm³/mol. The van der Waals surface area contributed by atoms with Crippen LogP contribution in [0.15, 0.2) is 48.5 Å². The van der Waals surface area contributed by atoms with Gasteiger partial charge in [0.25, 0.3) is 11.8 Å². The molecular formula is C29H27ClN2O4. The van der Waals surface area contributed by atoms with Gasteiger partial charge in [-0.25, -0.2) is 0 Å². The van der Waals surface area contributed by atoms with Gasteiger partial charge in [0.15, 0.2) is 0 Å². The lowest BCUT2D eigenvalue weighted by molar-refractivity contribution is 0.0880. The van der Waals surface area contributed by atoms with Gasteiger partial charge in [-0.1, -0.05) is 48.0 Å². The summed E-state index contributed by atoms with van der Waals surface area (Å²) in [5, 5.41) is 26.7. The van der Waals surface area contributed by atoms with Crippen LogP contribution in [0.5, 0.6) is 0 Å². The van der Waals surface area contributed by atoms with Crippen LogP contribution in [0, 0.1) is 0 Å². The van der Waals surface area contributed by atoms with Crippen LogP contribution >= 0.6 is 11.6 Å². The Morgan fingerprint density at radius 2 is 1.72 bits per heavy atom. The highest BCUT2D eigenvalue weighted by Crippen LogP contribution is 2.53. The Morgan fingerprint density at radius 3 is 2.50 bits per heavy atom. The van der Waals surface area contributed by atoms with Crippen LogP contribution in [0.1, 0.15) is 68.5 Å². The zero-order valence-electron chi connectivity index (χ0n) is 19.7. The Morgan fingerprint density at radius 1 is 0.917 bits per heavy atom. The molecule has 4 N–H and O–H groups in total. The summed E-state index contributed by atoms with van der Waals surface area (Å²) in [7, 11) is 0. The number of fused-ring (bicyclic) bond motifs is 5. The third-order valence-electron chi connectivity index (χ3n) is 7.82. The number of hydrogen-bond acceptors (Lipinski definition) is 5. The average Bonchev–Trinajstić information content (AvgIpc) is 3.35. The highest BCUT2D eigenvalue weighted by atomic mass is 35.5. The van der Waals surface area contributed by atoms with E-state index in [0.717, 1.165) is 34.4 Å². The third-order valence-corrected chi connectivity index (χ3v) is 8.15. The number of benzene rings is 3. The Labute approximate surface area is 214 Å². The summed E-state index contributed by atoms with van der Waals surface area (Å²) >= 11 is 6.55. The Balaban J connectivity index is 1.58. The molecule has 1 aliphatic carbocycles. The second kappa shape index (κ2) is 9.12. The molecule has 36 heavy (non-hydrogen) atoms. The van der Waals surface area contributed by atoms with Crippen molar-refractivity contribution in [2.45, 2.75) is 37.2 Å². The zero-order valence-corrected chi connectivity index (χ0v) is 20.4. The van der Waals surface area contributed by atoms with Crippen LogP contribution in [0.2, 0.25) is 5.02 Å². The quantitative estimate of drug-likeness (QED) is 0.392. The fraction of sp³-hybridized carbons (Fsp3) is 0.310. The summed E-state index contributed by atoms with van der Waals surface area (Å²) in [6, 6.07) is 15.5. The van der Waals surface area contributed by atoms with E-state index in [9.17, 15) is 19.8 Å². The minimum Gasteiger partial charge on any atom is -0.396 e. The predicted octanol–water partition coefficient (Wildman–Crippen LogP) is 4.21. The van der Waals surface area contributed by atoms with Crippen LogP contribution in [0.4, 0.5) is 0 Å². The van der Waals surface area contributed by atoms with Gasteiger partial charge in [-0.15, -0.1) is 0 Å². The first-order valence-electron chi connectivity index (χ1n) is 12.4. The Kier molecular flexibility index (Phi) is 5.92. The van der Waals surface area contributed by atoms with Crippen LogP contribution in [-0.4, -0.2) is 47.8 Å². The van der Waals surface area contributed by atoms with Gasteiger partial charge in [0.05, 0.1) is 17.2 Å². The maximum atomic E-state index is 13.1. The van der Waals surface area contributed by atoms with Gasteiger partial charge in [-0.3, -0.25) is 14.9 Å². The number of aliphatic hydroxyl groups excluding tert-OH is 2. The number of imide groups is 1. The van der Waals surface area contributed by atoms with Crippen LogP contribution in [0.25, 0.3) is 22.3 Å². The monoisotopic (exact) mass is 502 g/mol. The smallest absolute Gasteiger partial charge is 0.259 e. The molecule has 0 bridgehead atoms. The maximum Gasteiger partial charge on any atom is 0.259 e. The number of rotatable bonds is 5. The van der Waals surface area contributed by atoms with Gasteiger partial charge in [0.1, 0.15) is 0 Å². The molecule has 6 rings (SSSR count). The molecule has 0 spiro atoms. The first kappa shape index (κ1) is 23.4. The minimum absolute atomic E-state index is 0.0134. The molecule has 184 valence electrons. The van der Waals surface area contributed by atoms with E-state index in [1.165, 1.54) is 0 Å². The first-order valence-corrected chi connectivity index (χ1v) is 12.8. The van der Waals surface area contributed by atoms with Crippen molar-refractivity contribution in [1.29, 1.82) is 0 Å². The number of piperidine rings is 1. The first-order chi connectivity index (χ1) is 17.5. The van der Waals surface area contributed by atoms with Gasteiger partial charge in [0, 0.05) is 35.6 Å². The summed E-state index contributed by atoms with van der Waals surface area (Å²) in [6.45, 7) is 1.57. The van der Waals surface area contributed by atoms with Crippen LogP contribution < -0.4 is 10.6 Å². The van der Waals surface area contributed by atoms with Crippen molar-refractivity contribution in [2.75, 3.05) is 19.7 Å². The largest absolute Gasteiger partial charge is 0.396 e. The number of halogens is 1. The summed E-state index contributed by atoms with van der Waals surface area (Å²) in [4.78, 5) is 26.1. The lowest BCUT2D eigenvalue weighted by atomic mass is 9.85. The molecular weight excluding hydrogens is 476 g/mol. The van der Waals surface area contributed by atoms with Gasteiger partial charge in [-0.05, 0) is 71.3 Å². The van der Waals surface area contributed by atoms with Crippen molar-refractivity contribution >= 4 is 23.4 Å². The van der Waals surface area contributed by atoms with Crippen molar-refractivity contribution < 1.29 is 19.8 Å². The minimum atomic E-state index is -0.416. The molecule has 3 aliphatic rings. The van der Waals surface area contributed by atoms with E-state index in [1.54, 1.807) is 6.07 Å². The molecule has 0 saturated carbocycles. The van der Waals surface area contributed by atoms with E-state index in [1.807, 2.05) is 36.4 Å². The number of nitrogens with one attached hydrogen (secondary N) is 2. The molecule has 3 atom stereocenters. The second-order valence-electron chi connectivity index (χ2n) is 9.83. The average molecular weight is 503 g/mol. The molecule has 0 aromatic heterocycles. The standard InChI is InChI=1S/C29H27ClN2O4/c30-23-6-2-1-4-17(23)21-13-20-16(5-3-11-33)19-12-15(22-14-31-10-9-24(22)34)7-8-18(19)25(20)27-26(21)28(35)32-29(27)36/h1-2,4,6-8,12-13,16,22,24,31,33-34H,3,5,9-11,14H2,(H,32,35,36). The van der Waals surface area contributed by atoms with E-state index in [0.29, 0.717) is 53.1 Å².